The molecule has 5 rings (SSSR count). The van der Waals surface area contributed by atoms with Gasteiger partial charge in [-0.2, -0.15) is 0 Å². The molecule has 20 nitrogen and oxygen atoms in total. The van der Waals surface area contributed by atoms with Gasteiger partial charge in [-0.3, -0.25) is 24.1 Å². The molecular formula is C28H26N10O10S4. The zero-order valence-corrected chi connectivity index (χ0v) is 29.4. The van der Waals surface area contributed by atoms with Gasteiger partial charge in [0.1, 0.15) is 45.6 Å². The van der Waals surface area contributed by atoms with Gasteiger partial charge in [-0.15, -0.1) is 46.2 Å². The van der Waals surface area contributed by atoms with Crippen LogP contribution in [0.5, 0.6) is 0 Å². The zero-order valence-electron chi connectivity index (χ0n) is 26.1. The molecule has 0 aromatic carbocycles. The first kappa shape index (κ1) is 37.5. The van der Waals surface area contributed by atoms with E-state index in [9.17, 15) is 49.4 Å². The molecule has 4 atom stereocenters. The minimum absolute atomic E-state index is 0.0655. The van der Waals surface area contributed by atoms with E-state index in [-0.39, 0.29) is 44.6 Å². The highest BCUT2D eigenvalue weighted by Crippen LogP contribution is 2.40. The largest absolute Gasteiger partial charge is 0.477 e. The van der Waals surface area contributed by atoms with Crippen LogP contribution in [-0.2, 0) is 28.8 Å². The highest BCUT2D eigenvalue weighted by atomic mass is 32.2. The summed E-state index contributed by atoms with van der Waals surface area (Å²) >= 11 is 4.00. The van der Waals surface area contributed by atoms with E-state index in [2.05, 4.69) is 54.7 Å². The standard InChI is InChI=1S/C28H26N10O10S4/c1-3-9-5-49-22(34-13(9)25(43)44)16(32-19(39)14(36-47)11-7-51-27(29)30-11)21(41)35-28-31-12(8-52-28)15(37-48)20(40)33-17-23(42)38-18(26(45)46)10(4-2)6-50-24(17)38/h3-4,7-8,16-17,22,24,34,47-48H,1-2,5-6H2,(H2,29,30)(H,32,39)(H,33,40)(H,43,44)(H,45,46)(H,31,35,41)/b36-14-,37-15-/t16-,17-,22-,24-/m1/s1. The molecule has 0 radical (unpaired) electrons. The van der Waals surface area contributed by atoms with Crippen LogP contribution in [0.25, 0.3) is 0 Å². The molecule has 0 saturated carbocycles. The van der Waals surface area contributed by atoms with Crippen LogP contribution in [0.15, 0.2) is 68.9 Å². The molecule has 1 saturated heterocycles. The number of hydrogen-bond acceptors (Lipinski definition) is 18. The second kappa shape index (κ2) is 15.7. The summed E-state index contributed by atoms with van der Waals surface area (Å²) in [5, 5.41) is 55.3. The number of amides is 4. The molecule has 52 heavy (non-hydrogen) atoms. The molecule has 0 aliphatic carbocycles. The predicted molar refractivity (Wildman–Crippen MR) is 190 cm³/mol. The molecule has 0 unspecified atom stereocenters. The van der Waals surface area contributed by atoms with E-state index in [4.69, 9.17) is 5.73 Å². The number of rotatable bonds is 13. The van der Waals surface area contributed by atoms with Crippen molar-refractivity contribution < 1.29 is 49.4 Å². The fourth-order valence-electron chi connectivity index (χ4n) is 5.01. The molecule has 2 aromatic rings. The van der Waals surface area contributed by atoms with Gasteiger partial charge >= 0.3 is 11.9 Å². The number of carboxylic acids is 2. The van der Waals surface area contributed by atoms with Crippen molar-refractivity contribution >= 4 is 103 Å². The van der Waals surface area contributed by atoms with Gasteiger partial charge in [0.15, 0.2) is 21.7 Å². The van der Waals surface area contributed by atoms with Crippen molar-refractivity contribution in [3.8, 4) is 0 Å². The zero-order chi connectivity index (χ0) is 37.9. The van der Waals surface area contributed by atoms with Gasteiger partial charge in [0.2, 0.25) is 0 Å². The number of carbonyl (C=O) groups excluding carboxylic acids is 4. The lowest BCUT2D eigenvalue weighted by Crippen LogP contribution is -2.71. The summed E-state index contributed by atoms with van der Waals surface area (Å²) in [6, 6.07) is -2.71. The van der Waals surface area contributed by atoms with Crippen LogP contribution in [-0.4, -0.2) is 117 Å². The lowest BCUT2D eigenvalue weighted by molar-refractivity contribution is -0.150. The number of thioether (sulfide) groups is 2. The van der Waals surface area contributed by atoms with Crippen molar-refractivity contribution in [1.29, 1.82) is 0 Å². The van der Waals surface area contributed by atoms with Gasteiger partial charge in [0.05, 0.1) is 0 Å². The summed E-state index contributed by atoms with van der Waals surface area (Å²) in [4.78, 5) is 85.8. The highest BCUT2D eigenvalue weighted by molar-refractivity contribution is 8.00. The van der Waals surface area contributed by atoms with Gasteiger partial charge in [-0.25, -0.2) is 19.6 Å². The van der Waals surface area contributed by atoms with E-state index < -0.39 is 69.8 Å². The van der Waals surface area contributed by atoms with Crippen molar-refractivity contribution in [3.05, 3.63) is 70.0 Å². The number of nitrogens with two attached hydrogens (primary N) is 1. The number of carboxylic acid groups (broad SMARTS) is 2. The third-order valence-corrected chi connectivity index (χ3v) is 11.4. The van der Waals surface area contributed by atoms with Crippen LogP contribution in [0.2, 0.25) is 0 Å². The van der Waals surface area contributed by atoms with Crippen LogP contribution in [0.3, 0.4) is 0 Å². The SMILES string of the molecule is C=CC1=C(C(=O)O)N[C@@H]([C@H](NC(=O)/C(=N\O)c2csc(N)n2)C(=O)Nc2nc(/C(=N/O)C(=O)N[C@@H]3C(=O)N4C(C(=O)O)=C(C=C)CS[C@H]34)cs2)SC1. The van der Waals surface area contributed by atoms with Crippen molar-refractivity contribution in [2.75, 3.05) is 22.6 Å². The van der Waals surface area contributed by atoms with E-state index >= 15 is 0 Å². The van der Waals surface area contributed by atoms with Gasteiger partial charge < -0.3 is 47.6 Å². The Morgan fingerprint density at radius 2 is 1.60 bits per heavy atom. The first-order valence-corrected chi connectivity index (χ1v) is 18.2. The average Bonchev–Trinajstić information content (AvgIpc) is 3.77. The molecule has 3 aliphatic heterocycles. The molecule has 24 heteroatoms. The number of β-lactam (4-membered cyclic amide) rings is 1. The minimum Gasteiger partial charge on any atom is -0.477 e. The van der Waals surface area contributed by atoms with Crippen molar-refractivity contribution in [2.24, 2.45) is 10.3 Å². The number of fused-ring (bicyclic) bond motifs is 1. The Balaban J connectivity index is 1.33. The number of nitrogens with one attached hydrogen (secondary N) is 4. The maximum atomic E-state index is 13.7. The Bertz CT molecular complexity index is 2020. The second-order valence-electron chi connectivity index (χ2n) is 10.5. The van der Waals surface area contributed by atoms with E-state index in [1.165, 1.54) is 34.7 Å². The molecule has 3 aliphatic rings. The lowest BCUT2D eigenvalue weighted by atomic mass is 10.0. The number of hydrogen-bond donors (Lipinski definition) is 9. The van der Waals surface area contributed by atoms with Gasteiger partial charge in [-0.1, -0.05) is 35.6 Å². The Labute approximate surface area is 308 Å². The van der Waals surface area contributed by atoms with E-state index in [0.717, 1.165) is 39.3 Å². The molecule has 10 N–H and O–H groups in total. The number of nitrogens with zero attached hydrogens (tertiary/aromatic N) is 5. The van der Waals surface area contributed by atoms with E-state index in [0.29, 0.717) is 11.1 Å². The lowest BCUT2D eigenvalue weighted by Gasteiger charge is -2.49. The number of allylic oxidation sites excluding steroid dienone is 2. The topological polar surface area (TPSA) is 311 Å². The van der Waals surface area contributed by atoms with Crippen LogP contribution in [0, 0.1) is 0 Å². The van der Waals surface area contributed by atoms with Crippen LogP contribution >= 0.6 is 46.2 Å². The fourth-order valence-corrected chi connectivity index (χ4v) is 8.80. The number of anilines is 2. The second-order valence-corrected chi connectivity index (χ2v) is 14.5. The normalized spacial score (nSPS) is 20.9. The monoisotopic (exact) mass is 790 g/mol. The number of aliphatic carboxylic acids is 2. The Hall–Kier alpha value is -5.72. The molecule has 0 spiro atoms. The highest BCUT2D eigenvalue weighted by Gasteiger charge is 2.54. The number of aromatic nitrogens is 2. The third-order valence-electron chi connectivity index (χ3n) is 7.46. The predicted octanol–water partition coefficient (Wildman–Crippen LogP) is -0.226. The summed E-state index contributed by atoms with van der Waals surface area (Å²) in [6.45, 7) is 7.18. The van der Waals surface area contributed by atoms with Crippen molar-refractivity contribution in [1.82, 2.24) is 30.8 Å². The van der Waals surface area contributed by atoms with Gasteiger partial charge in [-0.05, 0) is 11.1 Å². The summed E-state index contributed by atoms with van der Waals surface area (Å²) in [5.41, 5.74) is 4.24. The third kappa shape index (κ3) is 7.34. The quantitative estimate of drug-likeness (QED) is 0.0548. The maximum Gasteiger partial charge on any atom is 0.352 e. The summed E-state index contributed by atoms with van der Waals surface area (Å²) in [5.74, 6) is -6.11. The maximum absolute atomic E-state index is 13.7. The molecule has 5 heterocycles. The molecule has 272 valence electrons. The Morgan fingerprint density at radius 3 is 2.19 bits per heavy atom. The first-order valence-electron chi connectivity index (χ1n) is 14.4. The van der Waals surface area contributed by atoms with Crippen LogP contribution in [0.4, 0.5) is 10.3 Å². The average molecular weight is 791 g/mol. The molecule has 0 bridgehead atoms. The molecule has 1 fully saturated rings. The Kier molecular flexibility index (Phi) is 11.3. The summed E-state index contributed by atoms with van der Waals surface area (Å²) < 4.78 is 0. The Morgan fingerprint density at radius 1 is 0.962 bits per heavy atom. The van der Waals surface area contributed by atoms with E-state index in [1.807, 2.05) is 0 Å². The smallest absolute Gasteiger partial charge is 0.352 e. The summed E-state index contributed by atoms with van der Waals surface area (Å²) in [6.07, 6.45) is 2.67. The van der Waals surface area contributed by atoms with E-state index in [1.54, 1.807) is 0 Å². The molecular weight excluding hydrogens is 765 g/mol. The number of nitrogen functional groups attached to an aromatic ring is 1. The summed E-state index contributed by atoms with van der Waals surface area (Å²) in [7, 11) is 0. The fraction of sp³-hybridized carbons (Fsp3) is 0.214. The number of carbonyl (C=O) groups is 6. The van der Waals surface area contributed by atoms with Gasteiger partial charge in [0, 0.05) is 22.3 Å². The minimum atomic E-state index is -1.56. The first-order chi connectivity index (χ1) is 24.8. The molecule has 2 aromatic heterocycles. The van der Waals surface area contributed by atoms with Crippen LogP contribution in [0.1, 0.15) is 11.4 Å². The van der Waals surface area contributed by atoms with Crippen molar-refractivity contribution in [3.63, 3.8) is 0 Å². The van der Waals surface area contributed by atoms with Crippen molar-refractivity contribution in [2.45, 2.75) is 22.8 Å². The molecule has 4 amide bonds. The van der Waals surface area contributed by atoms with Crippen LogP contribution < -0.4 is 27.0 Å². The number of oxime groups is 2. The van der Waals surface area contributed by atoms with Gasteiger partial charge in [0.25, 0.3) is 23.6 Å². The number of thiazole rings is 2.